The third-order valence-corrected chi connectivity index (χ3v) is 2.72. The van der Waals surface area contributed by atoms with Gasteiger partial charge in [0.2, 0.25) is 0 Å². The van der Waals surface area contributed by atoms with Crippen LogP contribution in [0.5, 0.6) is 0 Å². The Bertz CT molecular complexity index is 270. The van der Waals surface area contributed by atoms with Crippen LogP contribution in [0.2, 0.25) is 0 Å². The van der Waals surface area contributed by atoms with Gasteiger partial charge < -0.3 is 15.1 Å². The summed E-state index contributed by atoms with van der Waals surface area (Å²) in [5, 5.41) is 0. The molecule has 0 fully saturated rings. The van der Waals surface area contributed by atoms with Gasteiger partial charge in [0.15, 0.2) is 0 Å². The van der Waals surface area contributed by atoms with Gasteiger partial charge in [0.05, 0.1) is 31.7 Å². The van der Waals surface area contributed by atoms with Gasteiger partial charge in [-0.05, 0) is 6.92 Å². The smallest absolute Gasteiger partial charge is 0.292 e. The molecule has 0 spiro atoms. The summed E-state index contributed by atoms with van der Waals surface area (Å²) in [6.07, 6.45) is 1.97. The van der Waals surface area contributed by atoms with E-state index in [1.54, 1.807) is 4.90 Å². The zero-order valence-corrected chi connectivity index (χ0v) is 7.97. The molecule has 4 heteroatoms. The van der Waals surface area contributed by atoms with Gasteiger partial charge in [-0.2, -0.15) is 4.98 Å². The lowest BCUT2D eigenvalue weighted by molar-refractivity contribution is -0.897. The molecule has 2 heterocycles. The number of nitrogens with two attached hydrogens (primary N) is 1. The maximum Gasteiger partial charge on any atom is 0.292 e. The molecule has 0 saturated carbocycles. The van der Waals surface area contributed by atoms with Crippen LogP contribution in [0.25, 0.3) is 0 Å². The summed E-state index contributed by atoms with van der Waals surface area (Å²) in [5.74, 6) is 1.00. The second kappa shape index (κ2) is 3.38. The Morgan fingerprint density at radius 3 is 3.00 bits per heavy atom. The molecule has 0 aromatic carbocycles. The highest BCUT2D eigenvalue weighted by molar-refractivity contribution is 5.20. The summed E-state index contributed by atoms with van der Waals surface area (Å²) in [5.41, 5.74) is 6.56. The standard InChI is InChI=1S/C9H15N3O/c1-2-12-5-3-7-8(4-6-12)13-9(10)11-7/h2-6H2,1H3,(H2,10,11)/p+1. The number of fused-ring (bicyclic) bond motifs is 1. The molecule has 1 atom stereocenters. The second-order valence-corrected chi connectivity index (χ2v) is 3.53. The number of nitrogens with one attached hydrogen (secondary N) is 1. The van der Waals surface area contributed by atoms with Crippen LogP contribution in [-0.2, 0) is 12.8 Å². The van der Waals surface area contributed by atoms with Gasteiger partial charge in [-0.25, -0.2) is 0 Å². The molecule has 4 nitrogen and oxygen atoms in total. The summed E-state index contributed by atoms with van der Waals surface area (Å²) in [6.45, 7) is 5.68. The molecule has 0 amide bonds. The van der Waals surface area contributed by atoms with Crippen LogP contribution < -0.4 is 10.6 Å². The number of hydrogen-bond donors (Lipinski definition) is 2. The monoisotopic (exact) mass is 182 g/mol. The van der Waals surface area contributed by atoms with E-state index in [4.69, 9.17) is 10.2 Å². The number of hydrogen-bond acceptors (Lipinski definition) is 3. The first kappa shape index (κ1) is 8.56. The Morgan fingerprint density at radius 2 is 2.23 bits per heavy atom. The van der Waals surface area contributed by atoms with E-state index in [-0.39, 0.29) is 0 Å². The number of likely N-dealkylation sites (N-methyl/N-ethyl adjacent to an activating group) is 1. The van der Waals surface area contributed by atoms with Gasteiger partial charge in [0, 0.05) is 6.42 Å². The molecule has 72 valence electrons. The molecule has 1 unspecified atom stereocenters. The van der Waals surface area contributed by atoms with Crippen molar-refractivity contribution >= 4 is 6.01 Å². The first-order valence-corrected chi connectivity index (χ1v) is 4.87. The van der Waals surface area contributed by atoms with Crippen molar-refractivity contribution in [2.24, 2.45) is 0 Å². The number of rotatable bonds is 1. The minimum absolute atomic E-state index is 0.324. The third-order valence-electron chi connectivity index (χ3n) is 2.72. The number of anilines is 1. The van der Waals surface area contributed by atoms with Crippen molar-refractivity contribution < 1.29 is 9.32 Å². The highest BCUT2D eigenvalue weighted by Gasteiger charge is 2.19. The van der Waals surface area contributed by atoms with Gasteiger partial charge in [0.25, 0.3) is 6.01 Å². The van der Waals surface area contributed by atoms with Crippen molar-refractivity contribution in [3.63, 3.8) is 0 Å². The van der Waals surface area contributed by atoms with Gasteiger partial charge in [-0.15, -0.1) is 0 Å². The quantitative estimate of drug-likeness (QED) is 0.601. The van der Waals surface area contributed by atoms with Crippen LogP contribution in [-0.4, -0.2) is 24.6 Å². The van der Waals surface area contributed by atoms with Crippen molar-refractivity contribution in [2.75, 3.05) is 25.4 Å². The van der Waals surface area contributed by atoms with Crippen molar-refractivity contribution in [1.29, 1.82) is 0 Å². The Kier molecular flexibility index (Phi) is 2.22. The summed E-state index contributed by atoms with van der Waals surface area (Å²) in [6, 6.07) is 0.324. The summed E-state index contributed by atoms with van der Waals surface area (Å²) >= 11 is 0. The van der Waals surface area contributed by atoms with E-state index in [2.05, 4.69) is 11.9 Å². The van der Waals surface area contributed by atoms with E-state index in [1.165, 1.54) is 6.54 Å². The molecular formula is C9H16N3O+. The van der Waals surface area contributed by atoms with Crippen molar-refractivity contribution in [1.82, 2.24) is 4.98 Å². The molecule has 1 aliphatic rings. The molecule has 2 rings (SSSR count). The number of nitrogens with zero attached hydrogens (tertiary/aromatic N) is 1. The number of oxazole rings is 1. The molecule has 1 aromatic rings. The van der Waals surface area contributed by atoms with E-state index < -0.39 is 0 Å². The van der Waals surface area contributed by atoms with Gasteiger partial charge >= 0.3 is 0 Å². The number of aromatic nitrogens is 1. The maximum atomic E-state index is 5.49. The maximum absolute atomic E-state index is 5.49. The topological polar surface area (TPSA) is 56.5 Å². The van der Waals surface area contributed by atoms with E-state index in [9.17, 15) is 0 Å². The normalized spacial score (nSPS) is 22.4. The minimum Gasteiger partial charge on any atom is -0.428 e. The molecule has 0 saturated heterocycles. The average Bonchev–Trinajstić information content (AvgIpc) is 2.37. The van der Waals surface area contributed by atoms with E-state index in [0.717, 1.165) is 37.4 Å². The van der Waals surface area contributed by atoms with Crippen molar-refractivity contribution in [2.45, 2.75) is 19.8 Å². The third kappa shape index (κ3) is 1.67. The molecular weight excluding hydrogens is 166 g/mol. The molecule has 0 radical (unpaired) electrons. The summed E-state index contributed by atoms with van der Waals surface area (Å²) in [7, 11) is 0. The van der Waals surface area contributed by atoms with Crippen molar-refractivity contribution in [3.05, 3.63) is 11.5 Å². The molecule has 0 aliphatic carbocycles. The Morgan fingerprint density at radius 1 is 1.46 bits per heavy atom. The predicted molar refractivity (Wildman–Crippen MR) is 49.6 cm³/mol. The highest BCUT2D eigenvalue weighted by Crippen LogP contribution is 2.14. The van der Waals surface area contributed by atoms with Gasteiger partial charge in [0.1, 0.15) is 5.76 Å². The lowest BCUT2D eigenvalue weighted by Crippen LogP contribution is -3.12. The van der Waals surface area contributed by atoms with E-state index in [1.807, 2.05) is 0 Å². The summed E-state index contributed by atoms with van der Waals surface area (Å²) < 4.78 is 5.33. The fourth-order valence-corrected chi connectivity index (χ4v) is 1.86. The minimum atomic E-state index is 0.324. The van der Waals surface area contributed by atoms with Crippen LogP contribution in [0.15, 0.2) is 4.42 Å². The fourth-order valence-electron chi connectivity index (χ4n) is 1.86. The molecule has 1 aliphatic heterocycles. The largest absolute Gasteiger partial charge is 0.428 e. The van der Waals surface area contributed by atoms with Crippen LogP contribution in [0.4, 0.5) is 6.01 Å². The van der Waals surface area contributed by atoms with Crippen molar-refractivity contribution in [3.8, 4) is 0 Å². The summed E-state index contributed by atoms with van der Waals surface area (Å²) in [4.78, 5) is 5.80. The Balaban J connectivity index is 2.14. The fraction of sp³-hybridized carbons (Fsp3) is 0.667. The van der Waals surface area contributed by atoms with E-state index in [0.29, 0.717) is 6.01 Å². The molecule has 13 heavy (non-hydrogen) atoms. The molecule has 0 bridgehead atoms. The lowest BCUT2D eigenvalue weighted by Gasteiger charge is -2.13. The van der Waals surface area contributed by atoms with Gasteiger partial charge in [-0.1, -0.05) is 0 Å². The Hall–Kier alpha value is -1.03. The predicted octanol–water partition coefficient (Wildman–Crippen LogP) is -0.740. The average molecular weight is 182 g/mol. The first-order valence-electron chi connectivity index (χ1n) is 4.87. The van der Waals surface area contributed by atoms with Crippen LogP contribution >= 0.6 is 0 Å². The van der Waals surface area contributed by atoms with Gasteiger partial charge in [-0.3, -0.25) is 0 Å². The van der Waals surface area contributed by atoms with Crippen LogP contribution in [0.1, 0.15) is 18.4 Å². The van der Waals surface area contributed by atoms with E-state index >= 15 is 0 Å². The van der Waals surface area contributed by atoms with Crippen LogP contribution in [0.3, 0.4) is 0 Å². The number of nitrogen functional groups attached to an aromatic ring is 1. The lowest BCUT2D eigenvalue weighted by atomic mass is 10.2. The zero-order chi connectivity index (χ0) is 9.26. The Labute approximate surface area is 77.7 Å². The molecule has 3 N–H and O–H groups in total. The first-order chi connectivity index (χ1) is 6.29. The zero-order valence-electron chi connectivity index (χ0n) is 7.97. The SMILES string of the molecule is CC[NH+]1CCc2nc(N)oc2CC1. The highest BCUT2D eigenvalue weighted by atomic mass is 16.4. The van der Waals surface area contributed by atoms with Crippen LogP contribution in [0, 0.1) is 0 Å². The second-order valence-electron chi connectivity index (χ2n) is 3.53. The number of quaternary nitrogens is 1. The molecule has 1 aromatic heterocycles.